The van der Waals surface area contributed by atoms with Crippen LogP contribution in [0.4, 0.5) is 18.9 Å². The summed E-state index contributed by atoms with van der Waals surface area (Å²) in [4.78, 5) is 10.7. The highest BCUT2D eigenvalue weighted by atomic mass is 19.4. The van der Waals surface area contributed by atoms with E-state index in [1.807, 2.05) is 0 Å². The van der Waals surface area contributed by atoms with Crippen LogP contribution in [0.1, 0.15) is 15.9 Å². The minimum absolute atomic E-state index is 0.0603. The maximum absolute atomic E-state index is 12.6. The number of anilines is 1. The van der Waals surface area contributed by atoms with E-state index in [1.54, 1.807) is 0 Å². The number of nitrogens with two attached hydrogens (primary N) is 1. The van der Waals surface area contributed by atoms with E-state index in [-0.39, 0.29) is 22.9 Å². The molecule has 22 heavy (non-hydrogen) atoms. The summed E-state index contributed by atoms with van der Waals surface area (Å²) in [6, 6.07) is 7.21. The number of hydrogen-bond donors (Lipinski definition) is 1. The lowest BCUT2D eigenvalue weighted by Gasteiger charge is -2.14. The van der Waals surface area contributed by atoms with Gasteiger partial charge in [0.15, 0.2) is 17.2 Å². The van der Waals surface area contributed by atoms with Crippen molar-refractivity contribution in [1.29, 1.82) is 0 Å². The van der Waals surface area contributed by atoms with E-state index in [4.69, 9.17) is 15.2 Å². The Morgan fingerprint density at radius 3 is 2.27 bits per heavy atom. The molecule has 0 bridgehead atoms. The highest BCUT2D eigenvalue weighted by Crippen LogP contribution is 2.37. The molecule has 2 N–H and O–H groups in total. The van der Waals surface area contributed by atoms with Crippen LogP contribution in [-0.2, 0) is 6.18 Å². The number of methoxy groups -OCH3 is 1. The molecule has 116 valence electrons. The number of ether oxygens (including phenoxy) is 2. The lowest BCUT2D eigenvalue weighted by Crippen LogP contribution is -2.06. The van der Waals surface area contributed by atoms with Crippen molar-refractivity contribution in [3.8, 4) is 17.2 Å². The van der Waals surface area contributed by atoms with Gasteiger partial charge in [0.2, 0.25) is 0 Å². The fourth-order valence-electron chi connectivity index (χ4n) is 1.78. The molecule has 0 heterocycles. The van der Waals surface area contributed by atoms with Gasteiger partial charge < -0.3 is 15.2 Å². The Morgan fingerprint density at radius 1 is 1.05 bits per heavy atom. The van der Waals surface area contributed by atoms with E-state index in [1.165, 1.54) is 25.3 Å². The van der Waals surface area contributed by atoms with Crippen molar-refractivity contribution >= 4 is 12.0 Å². The first-order chi connectivity index (χ1) is 10.3. The Morgan fingerprint density at radius 2 is 1.73 bits per heavy atom. The van der Waals surface area contributed by atoms with Crippen molar-refractivity contribution in [3.05, 3.63) is 47.5 Å². The molecule has 0 aliphatic heterocycles. The maximum Gasteiger partial charge on any atom is 0.416 e. The molecule has 2 aromatic carbocycles. The maximum atomic E-state index is 12.6. The van der Waals surface area contributed by atoms with E-state index in [2.05, 4.69) is 0 Å². The first-order valence-electron chi connectivity index (χ1n) is 6.13. The smallest absolute Gasteiger partial charge is 0.416 e. The van der Waals surface area contributed by atoms with Crippen LogP contribution in [0.2, 0.25) is 0 Å². The zero-order valence-electron chi connectivity index (χ0n) is 11.5. The second kappa shape index (κ2) is 5.97. The van der Waals surface area contributed by atoms with E-state index in [0.29, 0.717) is 11.8 Å². The van der Waals surface area contributed by atoms with E-state index in [0.717, 1.165) is 18.2 Å². The molecule has 0 saturated carbocycles. The number of aldehydes is 1. The van der Waals surface area contributed by atoms with Crippen molar-refractivity contribution in [3.63, 3.8) is 0 Å². The van der Waals surface area contributed by atoms with Crippen LogP contribution < -0.4 is 15.2 Å². The highest BCUT2D eigenvalue weighted by Gasteiger charge is 2.31. The molecule has 0 aromatic heterocycles. The van der Waals surface area contributed by atoms with Gasteiger partial charge in [0, 0.05) is 5.56 Å². The largest absolute Gasteiger partial charge is 0.493 e. The first kappa shape index (κ1) is 15.7. The van der Waals surface area contributed by atoms with Gasteiger partial charge in [-0.15, -0.1) is 0 Å². The summed E-state index contributed by atoms with van der Waals surface area (Å²) in [6.45, 7) is 0. The molecule has 2 aromatic rings. The van der Waals surface area contributed by atoms with Crippen molar-refractivity contribution in [2.45, 2.75) is 6.18 Å². The summed E-state index contributed by atoms with van der Waals surface area (Å²) in [5.74, 6) is 0.564. The molecular formula is C15H12F3NO3. The lowest BCUT2D eigenvalue weighted by molar-refractivity contribution is -0.137. The monoisotopic (exact) mass is 311 g/mol. The third kappa shape index (κ3) is 3.30. The average Bonchev–Trinajstić information content (AvgIpc) is 2.48. The number of carbonyl (C=O) groups is 1. The van der Waals surface area contributed by atoms with Gasteiger partial charge in [-0.3, -0.25) is 4.79 Å². The molecule has 4 nitrogen and oxygen atoms in total. The normalized spacial score (nSPS) is 11.1. The SMILES string of the molecule is COc1cc(C=O)ccc1Oc1ccc(C(F)(F)F)cc1N. The Bertz CT molecular complexity index is 699. The van der Waals surface area contributed by atoms with E-state index in [9.17, 15) is 18.0 Å². The molecule has 0 amide bonds. The predicted molar refractivity (Wildman–Crippen MR) is 74.3 cm³/mol. The van der Waals surface area contributed by atoms with Crippen LogP contribution >= 0.6 is 0 Å². The number of alkyl halides is 3. The number of carbonyl (C=O) groups excluding carboxylic acids is 1. The Labute approximate surface area is 124 Å². The zero-order chi connectivity index (χ0) is 16.3. The minimum atomic E-state index is -4.48. The Hall–Kier alpha value is -2.70. The summed E-state index contributed by atoms with van der Waals surface area (Å²) in [5.41, 5.74) is 4.95. The second-order valence-electron chi connectivity index (χ2n) is 4.38. The van der Waals surface area contributed by atoms with E-state index >= 15 is 0 Å². The number of nitrogen functional groups attached to an aromatic ring is 1. The molecule has 0 radical (unpaired) electrons. The van der Waals surface area contributed by atoms with Gasteiger partial charge in [0.05, 0.1) is 18.4 Å². The van der Waals surface area contributed by atoms with Crippen molar-refractivity contribution < 1.29 is 27.4 Å². The van der Waals surface area contributed by atoms with E-state index < -0.39 is 11.7 Å². The quantitative estimate of drug-likeness (QED) is 0.687. The van der Waals surface area contributed by atoms with Gasteiger partial charge in [-0.1, -0.05) is 0 Å². The third-order valence-electron chi connectivity index (χ3n) is 2.88. The van der Waals surface area contributed by atoms with Gasteiger partial charge in [-0.05, 0) is 36.4 Å². The molecule has 0 fully saturated rings. The topological polar surface area (TPSA) is 61.5 Å². The molecule has 0 spiro atoms. The van der Waals surface area contributed by atoms with Crippen LogP contribution in [-0.4, -0.2) is 13.4 Å². The molecule has 0 saturated heterocycles. The van der Waals surface area contributed by atoms with Crippen molar-refractivity contribution in [1.82, 2.24) is 0 Å². The van der Waals surface area contributed by atoms with Gasteiger partial charge >= 0.3 is 6.18 Å². The number of rotatable bonds is 4. The first-order valence-corrected chi connectivity index (χ1v) is 6.13. The molecule has 0 aliphatic rings. The fraction of sp³-hybridized carbons (Fsp3) is 0.133. The van der Waals surface area contributed by atoms with Crippen LogP contribution in [0.15, 0.2) is 36.4 Å². The van der Waals surface area contributed by atoms with Gasteiger partial charge in [-0.25, -0.2) is 0 Å². The van der Waals surface area contributed by atoms with Gasteiger partial charge in [-0.2, -0.15) is 13.2 Å². The van der Waals surface area contributed by atoms with Crippen LogP contribution in [0.25, 0.3) is 0 Å². The number of benzene rings is 2. The molecule has 7 heteroatoms. The molecular weight excluding hydrogens is 299 g/mol. The highest BCUT2D eigenvalue weighted by molar-refractivity contribution is 5.76. The van der Waals surface area contributed by atoms with Crippen molar-refractivity contribution in [2.24, 2.45) is 0 Å². The molecule has 0 aliphatic carbocycles. The second-order valence-corrected chi connectivity index (χ2v) is 4.38. The lowest BCUT2D eigenvalue weighted by atomic mass is 10.2. The summed E-state index contributed by atoms with van der Waals surface area (Å²) in [7, 11) is 1.38. The third-order valence-corrected chi connectivity index (χ3v) is 2.88. The zero-order valence-corrected chi connectivity index (χ0v) is 11.5. The van der Waals surface area contributed by atoms with Crippen LogP contribution in [0, 0.1) is 0 Å². The average molecular weight is 311 g/mol. The standard InChI is InChI=1S/C15H12F3NO3/c1-21-14-6-9(8-20)2-4-13(14)22-12-5-3-10(7-11(12)19)15(16,17)18/h2-8H,19H2,1H3. The Kier molecular flexibility index (Phi) is 4.25. The summed E-state index contributed by atoms with van der Waals surface area (Å²) in [6.07, 6.45) is -3.84. The minimum Gasteiger partial charge on any atom is -0.493 e. The van der Waals surface area contributed by atoms with Crippen molar-refractivity contribution in [2.75, 3.05) is 12.8 Å². The molecule has 0 unspecified atom stereocenters. The van der Waals surface area contributed by atoms with Gasteiger partial charge in [0.25, 0.3) is 0 Å². The Balaban J connectivity index is 2.33. The number of halogens is 3. The number of hydrogen-bond acceptors (Lipinski definition) is 4. The van der Waals surface area contributed by atoms with Crippen LogP contribution in [0.3, 0.4) is 0 Å². The fourth-order valence-corrected chi connectivity index (χ4v) is 1.78. The molecule has 2 rings (SSSR count). The van der Waals surface area contributed by atoms with Gasteiger partial charge in [0.1, 0.15) is 6.29 Å². The molecule has 0 atom stereocenters. The predicted octanol–water partition coefficient (Wildman–Crippen LogP) is 3.90. The summed E-state index contributed by atoms with van der Waals surface area (Å²) < 4.78 is 48.3. The summed E-state index contributed by atoms with van der Waals surface area (Å²) >= 11 is 0. The summed E-state index contributed by atoms with van der Waals surface area (Å²) in [5, 5.41) is 0. The van der Waals surface area contributed by atoms with Crippen LogP contribution in [0.5, 0.6) is 17.2 Å².